The van der Waals surface area contributed by atoms with Crippen LogP contribution in [-0.2, 0) is 16.1 Å². The second-order valence-electron chi connectivity index (χ2n) is 9.22. The third kappa shape index (κ3) is 3.82. The van der Waals surface area contributed by atoms with Crippen LogP contribution in [0.1, 0.15) is 25.3 Å². The lowest BCUT2D eigenvalue weighted by Crippen LogP contribution is -2.52. The molecule has 1 aliphatic carbocycles. The normalized spacial score (nSPS) is 24.6. The Morgan fingerprint density at radius 1 is 1.18 bits per heavy atom. The van der Waals surface area contributed by atoms with Crippen LogP contribution in [0.5, 0.6) is 0 Å². The number of benzene rings is 1. The third-order valence-electron chi connectivity index (χ3n) is 6.83. The zero-order chi connectivity index (χ0) is 23.2. The van der Waals surface area contributed by atoms with E-state index in [1.807, 2.05) is 13.1 Å². The quantitative estimate of drug-likeness (QED) is 0.533. The number of carbonyl (C=O) groups is 1. The van der Waals surface area contributed by atoms with E-state index in [0.29, 0.717) is 30.2 Å². The van der Waals surface area contributed by atoms with Crippen molar-refractivity contribution in [2.45, 2.75) is 44.6 Å². The van der Waals surface area contributed by atoms with Crippen molar-refractivity contribution in [3.05, 3.63) is 36.2 Å². The first-order chi connectivity index (χ1) is 16.6. The summed E-state index contributed by atoms with van der Waals surface area (Å²) in [6.07, 6.45) is 3.51. The number of ether oxygens (including phenoxy) is 2. The van der Waals surface area contributed by atoms with Crippen molar-refractivity contribution in [1.29, 1.82) is 0 Å². The maximum atomic E-state index is 13.0. The molecule has 4 bridgehead atoms. The maximum absolute atomic E-state index is 13.0. The number of hydrogen-bond acceptors (Lipinski definition) is 8. The summed E-state index contributed by atoms with van der Waals surface area (Å²) in [6.45, 7) is 4.97. The van der Waals surface area contributed by atoms with Gasteiger partial charge in [0, 0.05) is 37.6 Å². The van der Waals surface area contributed by atoms with Gasteiger partial charge in [-0.05, 0) is 43.5 Å². The van der Waals surface area contributed by atoms with Crippen LogP contribution in [0.25, 0.3) is 11.2 Å². The van der Waals surface area contributed by atoms with Crippen LogP contribution < -0.4 is 20.9 Å². The Kier molecular flexibility index (Phi) is 5.26. The predicted molar refractivity (Wildman–Crippen MR) is 130 cm³/mol. The zero-order valence-electron chi connectivity index (χ0n) is 19.4. The first-order valence-corrected chi connectivity index (χ1v) is 11.8. The van der Waals surface area contributed by atoms with Crippen molar-refractivity contribution in [1.82, 2.24) is 19.9 Å². The molecule has 3 atom stereocenters. The molecule has 1 saturated carbocycles. The Morgan fingerprint density at radius 2 is 2.09 bits per heavy atom. The van der Waals surface area contributed by atoms with Crippen molar-refractivity contribution >= 4 is 40.1 Å². The Labute approximate surface area is 197 Å². The lowest BCUT2D eigenvalue weighted by molar-refractivity contribution is -0.0323. The fourth-order valence-corrected chi connectivity index (χ4v) is 4.87. The molecule has 2 aromatic heterocycles. The van der Waals surface area contributed by atoms with E-state index in [2.05, 4.69) is 51.0 Å². The molecule has 2 fully saturated rings. The molecule has 0 radical (unpaired) electrons. The number of imidazole rings is 1. The standard InChI is InChI=1S/C24H29N7O3/c1-14-11-30(5-6-33-14)17-8-15-7-16(9-17)27-21-10-19(25-2)22-23(29-21)31(13-26-22)24(32)28-18-3-4-20(18)34-12-15/h7-10,13-14,18,20H,3-6,11-12H2,1-2H3,(H,28,32)(H2,25,27,29)/t14-,18+,20+/m0/s1. The van der Waals surface area contributed by atoms with Crippen molar-refractivity contribution in [2.75, 3.05) is 42.3 Å². The summed E-state index contributed by atoms with van der Waals surface area (Å²) in [7, 11) is 1.84. The molecular weight excluding hydrogens is 434 g/mol. The van der Waals surface area contributed by atoms with Crippen LogP contribution >= 0.6 is 0 Å². The number of nitrogens with one attached hydrogen (secondary N) is 3. The van der Waals surface area contributed by atoms with Gasteiger partial charge in [-0.15, -0.1) is 0 Å². The summed E-state index contributed by atoms with van der Waals surface area (Å²) in [5.74, 6) is 0.629. The number of nitrogens with zero attached hydrogens (tertiary/aromatic N) is 4. The molecule has 1 saturated heterocycles. The first-order valence-electron chi connectivity index (χ1n) is 11.8. The van der Waals surface area contributed by atoms with Gasteiger partial charge in [0.2, 0.25) is 0 Å². The molecule has 10 heteroatoms. The number of hydrogen-bond donors (Lipinski definition) is 3. The predicted octanol–water partition coefficient (Wildman–Crippen LogP) is 3.06. The number of carbonyl (C=O) groups excluding carboxylic acids is 1. The molecule has 10 nitrogen and oxygen atoms in total. The Morgan fingerprint density at radius 3 is 2.88 bits per heavy atom. The molecule has 3 N–H and O–H groups in total. The second-order valence-corrected chi connectivity index (χ2v) is 9.22. The largest absolute Gasteiger partial charge is 0.386 e. The molecule has 3 aromatic rings. The SMILES string of the molecule is CNc1cc2nc3c1ncn3C(=O)N[C@@H]1CC[C@H]1OCc1cc(cc(N3CCO[C@@H](C)C3)c1)N2. The van der Waals surface area contributed by atoms with Crippen LogP contribution in [0.2, 0.25) is 0 Å². The molecular formula is C24H29N7O3. The van der Waals surface area contributed by atoms with Gasteiger partial charge in [0.1, 0.15) is 17.7 Å². The van der Waals surface area contributed by atoms with E-state index in [9.17, 15) is 4.79 Å². The summed E-state index contributed by atoms with van der Waals surface area (Å²) in [6, 6.07) is 8.06. The molecule has 6 rings (SSSR count). The third-order valence-corrected chi connectivity index (χ3v) is 6.83. The fraction of sp³-hybridized carbons (Fsp3) is 0.458. The molecule has 2 aliphatic heterocycles. The molecule has 0 spiro atoms. The lowest BCUT2D eigenvalue weighted by Gasteiger charge is -2.37. The van der Waals surface area contributed by atoms with Gasteiger partial charge in [-0.2, -0.15) is 0 Å². The van der Waals surface area contributed by atoms with Gasteiger partial charge in [-0.1, -0.05) is 0 Å². The average molecular weight is 464 g/mol. The van der Waals surface area contributed by atoms with E-state index in [1.54, 1.807) is 0 Å². The van der Waals surface area contributed by atoms with Crippen molar-refractivity contribution in [3.8, 4) is 0 Å². The molecule has 1 amide bonds. The average Bonchev–Trinajstić information content (AvgIpc) is 3.25. The number of morpholine rings is 1. The Bertz CT molecular complexity index is 1240. The molecule has 4 heterocycles. The van der Waals surface area contributed by atoms with E-state index in [4.69, 9.17) is 14.5 Å². The van der Waals surface area contributed by atoms with Crippen LogP contribution in [0.3, 0.4) is 0 Å². The number of pyridine rings is 1. The minimum Gasteiger partial charge on any atom is -0.386 e. The van der Waals surface area contributed by atoms with Gasteiger partial charge < -0.3 is 30.3 Å². The second kappa shape index (κ2) is 8.44. The van der Waals surface area contributed by atoms with E-state index < -0.39 is 0 Å². The van der Waals surface area contributed by atoms with Crippen LogP contribution in [0.15, 0.2) is 30.6 Å². The van der Waals surface area contributed by atoms with Gasteiger partial charge in [0.05, 0.1) is 37.2 Å². The zero-order valence-corrected chi connectivity index (χ0v) is 19.4. The van der Waals surface area contributed by atoms with Crippen molar-refractivity contribution in [3.63, 3.8) is 0 Å². The monoisotopic (exact) mass is 463 g/mol. The van der Waals surface area contributed by atoms with E-state index in [-0.39, 0.29) is 24.3 Å². The maximum Gasteiger partial charge on any atom is 0.328 e. The summed E-state index contributed by atoms with van der Waals surface area (Å²) in [5, 5.41) is 9.72. The minimum atomic E-state index is -0.244. The first kappa shape index (κ1) is 21.2. The summed E-state index contributed by atoms with van der Waals surface area (Å²) in [5.41, 5.74) is 5.07. The topological polar surface area (TPSA) is 106 Å². The highest BCUT2D eigenvalue weighted by Gasteiger charge is 2.34. The van der Waals surface area contributed by atoms with Crippen LogP contribution in [0.4, 0.5) is 27.7 Å². The van der Waals surface area contributed by atoms with Gasteiger partial charge in [0.25, 0.3) is 0 Å². The fourth-order valence-electron chi connectivity index (χ4n) is 4.87. The summed E-state index contributed by atoms with van der Waals surface area (Å²) >= 11 is 0. The van der Waals surface area contributed by atoms with Crippen molar-refractivity contribution < 1.29 is 14.3 Å². The number of aromatic nitrogens is 3. The molecule has 34 heavy (non-hydrogen) atoms. The smallest absolute Gasteiger partial charge is 0.328 e. The van der Waals surface area contributed by atoms with E-state index >= 15 is 0 Å². The van der Waals surface area contributed by atoms with E-state index in [1.165, 1.54) is 10.9 Å². The highest BCUT2D eigenvalue weighted by atomic mass is 16.5. The summed E-state index contributed by atoms with van der Waals surface area (Å²) < 4.78 is 13.5. The van der Waals surface area contributed by atoms with Crippen molar-refractivity contribution in [2.24, 2.45) is 0 Å². The highest BCUT2D eigenvalue weighted by Crippen LogP contribution is 2.31. The van der Waals surface area contributed by atoms with Gasteiger partial charge in [-0.25, -0.2) is 19.3 Å². The minimum absolute atomic E-state index is 0.0125. The van der Waals surface area contributed by atoms with Gasteiger partial charge in [-0.3, -0.25) is 0 Å². The van der Waals surface area contributed by atoms with Crippen LogP contribution in [0, 0.1) is 0 Å². The number of amides is 1. The number of anilines is 4. The Hall–Kier alpha value is -3.37. The lowest BCUT2D eigenvalue weighted by atomic mass is 9.89. The molecule has 0 unspecified atom stereocenters. The molecule has 3 aliphatic rings. The van der Waals surface area contributed by atoms with Crippen LogP contribution in [-0.4, -0.2) is 65.6 Å². The van der Waals surface area contributed by atoms with E-state index in [0.717, 1.165) is 48.6 Å². The summed E-state index contributed by atoms with van der Waals surface area (Å²) in [4.78, 5) is 24.6. The Balaban J connectivity index is 1.44. The van der Waals surface area contributed by atoms with Gasteiger partial charge in [0.15, 0.2) is 5.65 Å². The highest BCUT2D eigenvalue weighted by molar-refractivity contribution is 5.94. The number of fused-ring (bicyclic) bond motifs is 4. The molecule has 178 valence electrons. The number of rotatable bonds is 2. The van der Waals surface area contributed by atoms with Gasteiger partial charge >= 0.3 is 6.03 Å². The molecule has 1 aromatic carbocycles.